The zero-order valence-corrected chi connectivity index (χ0v) is 6.97. The summed E-state index contributed by atoms with van der Waals surface area (Å²) >= 11 is 0. The van der Waals surface area contributed by atoms with Crippen molar-refractivity contribution in [1.82, 2.24) is 0 Å². The quantitative estimate of drug-likeness (QED) is 0.207. The Labute approximate surface area is 75.6 Å². The zero-order chi connectivity index (χ0) is 9.68. The van der Waals surface area contributed by atoms with E-state index >= 15 is 0 Å². The maximum Gasteiger partial charge on any atom is 0.177 e. The Morgan fingerprint density at radius 3 is 2.92 bits per heavy atom. The van der Waals surface area contributed by atoms with E-state index < -0.39 is 0 Å². The Kier molecular flexibility index (Phi) is 2.97. The summed E-state index contributed by atoms with van der Waals surface area (Å²) in [6, 6.07) is 6.90. The van der Waals surface area contributed by atoms with E-state index in [-0.39, 0.29) is 12.4 Å². The Balaban J connectivity index is 2.55. The molecule has 0 unspecified atom stereocenters. The summed E-state index contributed by atoms with van der Waals surface area (Å²) in [5.74, 6) is 0.606. The van der Waals surface area contributed by atoms with E-state index in [1.807, 2.05) is 0 Å². The molecule has 0 aromatic heterocycles. The van der Waals surface area contributed by atoms with Gasteiger partial charge < -0.3 is 21.4 Å². The molecule has 1 rings (SSSR count). The van der Waals surface area contributed by atoms with E-state index in [0.29, 0.717) is 11.4 Å². The van der Waals surface area contributed by atoms with Crippen LogP contribution >= 0.6 is 0 Å². The number of benzene rings is 1. The molecule has 70 valence electrons. The van der Waals surface area contributed by atoms with E-state index in [1.54, 1.807) is 24.3 Å². The lowest BCUT2D eigenvalue weighted by Crippen LogP contribution is -2.20. The van der Waals surface area contributed by atoms with Crippen LogP contribution in [0.4, 0.5) is 5.69 Å². The van der Waals surface area contributed by atoms with Crippen molar-refractivity contribution in [2.75, 3.05) is 12.3 Å². The smallest absolute Gasteiger partial charge is 0.177 e. The number of nitrogens with zero attached hydrogens (tertiary/aromatic N) is 1. The number of nitrogen functional groups attached to an aromatic ring is 1. The van der Waals surface area contributed by atoms with Crippen LogP contribution in [0.2, 0.25) is 0 Å². The Morgan fingerprint density at radius 1 is 1.54 bits per heavy atom. The minimum atomic E-state index is 0.0161. The van der Waals surface area contributed by atoms with Gasteiger partial charge in [0.1, 0.15) is 12.4 Å². The molecule has 0 fully saturated rings. The molecule has 0 aliphatic heterocycles. The molecular formula is C8H11N3O2. The van der Waals surface area contributed by atoms with E-state index in [2.05, 4.69) is 5.16 Å². The summed E-state index contributed by atoms with van der Waals surface area (Å²) in [6.45, 7) is 0.0416. The maximum absolute atomic E-state index is 8.23. The molecule has 1 aromatic rings. The first-order valence-corrected chi connectivity index (χ1v) is 3.67. The molecule has 0 saturated heterocycles. The van der Waals surface area contributed by atoms with Crippen LogP contribution < -0.4 is 16.2 Å². The lowest BCUT2D eigenvalue weighted by atomic mass is 10.3. The Bertz CT molecular complexity index is 312. The molecule has 0 amide bonds. The van der Waals surface area contributed by atoms with Crippen LogP contribution in [0.5, 0.6) is 5.75 Å². The average Bonchev–Trinajstić information content (AvgIpc) is 2.14. The minimum absolute atomic E-state index is 0.0161. The van der Waals surface area contributed by atoms with Gasteiger partial charge in [0.2, 0.25) is 0 Å². The van der Waals surface area contributed by atoms with Crippen molar-refractivity contribution in [2.24, 2.45) is 10.9 Å². The van der Waals surface area contributed by atoms with E-state index in [0.717, 1.165) is 0 Å². The summed E-state index contributed by atoms with van der Waals surface area (Å²) < 4.78 is 5.14. The summed E-state index contributed by atoms with van der Waals surface area (Å²) in [6.07, 6.45) is 0. The Hall–Kier alpha value is -1.91. The number of anilines is 1. The average molecular weight is 181 g/mol. The predicted molar refractivity (Wildman–Crippen MR) is 49.8 cm³/mol. The van der Waals surface area contributed by atoms with Gasteiger partial charge in [-0.3, -0.25) is 0 Å². The SMILES string of the molecule is N/C(COc1cccc(N)c1)=N/O. The van der Waals surface area contributed by atoms with Gasteiger partial charge in [0.25, 0.3) is 0 Å². The molecule has 5 nitrogen and oxygen atoms in total. The van der Waals surface area contributed by atoms with Crippen molar-refractivity contribution in [2.45, 2.75) is 0 Å². The van der Waals surface area contributed by atoms with E-state index in [9.17, 15) is 0 Å². The lowest BCUT2D eigenvalue weighted by Gasteiger charge is -2.04. The molecule has 0 heterocycles. The summed E-state index contributed by atoms with van der Waals surface area (Å²) in [4.78, 5) is 0. The Morgan fingerprint density at radius 2 is 2.31 bits per heavy atom. The highest BCUT2D eigenvalue weighted by Gasteiger charge is 1.96. The van der Waals surface area contributed by atoms with Crippen molar-refractivity contribution < 1.29 is 9.94 Å². The van der Waals surface area contributed by atoms with Crippen molar-refractivity contribution in [3.05, 3.63) is 24.3 Å². The van der Waals surface area contributed by atoms with Gasteiger partial charge in [0.15, 0.2) is 5.84 Å². The molecule has 0 saturated carbocycles. The predicted octanol–water partition coefficient (Wildman–Crippen LogP) is 0.394. The number of nitrogens with two attached hydrogens (primary N) is 2. The molecule has 0 spiro atoms. The highest BCUT2D eigenvalue weighted by Crippen LogP contribution is 2.13. The van der Waals surface area contributed by atoms with Gasteiger partial charge in [-0.15, -0.1) is 0 Å². The standard InChI is InChI=1S/C8H11N3O2/c9-6-2-1-3-7(4-6)13-5-8(10)11-12/h1-4,12H,5,9H2,(H2,10,11). The van der Waals surface area contributed by atoms with Gasteiger partial charge in [0.05, 0.1) is 0 Å². The van der Waals surface area contributed by atoms with Gasteiger partial charge >= 0.3 is 0 Å². The van der Waals surface area contributed by atoms with Crippen molar-refractivity contribution >= 4 is 11.5 Å². The van der Waals surface area contributed by atoms with E-state index in [4.69, 9.17) is 21.4 Å². The first kappa shape index (κ1) is 9.18. The molecule has 0 radical (unpaired) electrons. The zero-order valence-electron chi connectivity index (χ0n) is 6.97. The number of amidine groups is 1. The molecule has 5 heteroatoms. The van der Waals surface area contributed by atoms with Gasteiger partial charge in [-0.1, -0.05) is 11.2 Å². The molecule has 0 bridgehead atoms. The third-order valence-electron chi connectivity index (χ3n) is 1.37. The number of hydrogen-bond acceptors (Lipinski definition) is 4. The summed E-state index contributed by atoms with van der Waals surface area (Å²) in [5, 5.41) is 11.0. The molecule has 0 atom stereocenters. The number of rotatable bonds is 3. The highest BCUT2D eigenvalue weighted by atomic mass is 16.5. The van der Waals surface area contributed by atoms with Crippen LogP contribution in [0.3, 0.4) is 0 Å². The largest absolute Gasteiger partial charge is 0.485 e. The second-order valence-corrected chi connectivity index (χ2v) is 2.45. The third-order valence-corrected chi connectivity index (χ3v) is 1.37. The number of ether oxygens (including phenoxy) is 1. The van der Waals surface area contributed by atoms with Gasteiger partial charge in [0, 0.05) is 11.8 Å². The number of oxime groups is 1. The molecular weight excluding hydrogens is 170 g/mol. The number of hydrogen-bond donors (Lipinski definition) is 3. The first-order valence-electron chi connectivity index (χ1n) is 3.67. The second-order valence-electron chi connectivity index (χ2n) is 2.45. The fourth-order valence-electron chi connectivity index (χ4n) is 0.790. The molecule has 1 aromatic carbocycles. The summed E-state index contributed by atoms with van der Waals surface area (Å²) in [7, 11) is 0. The molecule has 0 aliphatic rings. The molecule has 5 N–H and O–H groups in total. The van der Waals surface area contributed by atoms with Crippen LogP contribution in [0.1, 0.15) is 0 Å². The van der Waals surface area contributed by atoms with Crippen LogP contribution in [0.15, 0.2) is 29.4 Å². The topological polar surface area (TPSA) is 93.9 Å². The van der Waals surface area contributed by atoms with Crippen molar-refractivity contribution in [3.63, 3.8) is 0 Å². The fraction of sp³-hybridized carbons (Fsp3) is 0.125. The van der Waals surface area contributed by atoms with Crippen LogP contribution in [-0.4, -0.2) is 17.6 Å². The van der Waals surface area contributed by atoms with E-state index in [1.165, 1.54) is 0 Å². The van der Waals surface area contributed by atoms with Crippen LogP contribution in [0.25, 0.3) is 0 Å². The third kappa shape index (κ3) is 2.90. The van der Waals surface area contributed by atoms with Crippen molar-refractivity contribution in [1.29, 1.82) is 0 Å². The monoisotopic (exact) mass is 181 g/mol. The lowest BCUT2D eigenvalue weighted by molar-refractivity contribution is 0.306. The van der Waals surface area contributed by atoms with Crippen LogP contribution in [-0.2, 0) is 0 Å². The van der Waals surface area contributed by atoms with Crippen LogP contribution in [0, 0.1) is 0 Å². The van der Waals surface area contributed by atoms with Gasteiger partial charge in [-0.25, -0.2) is 0 Å². The normalized spacial score (nSPS) is 11.2. The maximum atomic E-state index is 8.23. The second kappa shape index (κ2) is 4.20. The van der Waals surface area contributed by atoms with Gasteiger partial charge in [-0.05, 0) is 12.1 Å². The fourth-order valence-corrected chi connectivity index (χ4v) is 0.790. The van der Waals surface area contributed by atoms with Gasteiger partial charge in [-0.2, -0.15) is 0 Å². The minimum Gasteiger partial charge on any atom is -0.485 e. The first-order chi connectivity index (χ1) is 6.22. The molecule has 13 heavy (non-hydrogen) atoms. The van der Waals surface area contributed by atoms with Crippen molar-refractivity contribution in [3.8, 4) is 5.75 Å². The molecule has 0 aliphatic carbocycles. The summed E-state index contributed by atoms with van der Waals surface area (Å²) in [5.41, 5.74) is 11.3. The highest BCUT2D eigenvalue weighted by molar-refractivity contribution is 5.81.